The average Bonchev–Trinajstić information content (AvgIpc) is 2.51. The normalized spacial score (nSPS) is 20.2. The highest BCUT2D eigenvalue weighted by Crippen LogP contribution is 2.15. The molecule has 1 aliphatic rings. The molecule has 112 valence electrons. The van der Waals surface area contributed by atoms with E-state index < -0.39 is 0 Å². The molecule has 1 aromatic rings. The van der Waals surface area contributed by atoms with Crippen LogP contribution in [0.3, 0.4) is 0 Å². The zero-order chi connectivity index (χ0) is 14.2. The summed E-state index contributed by atoms with van der Waals surface area (Å²) in [5.41, 5.74) is 8.48. The van der Waals surface area contributed by atoms with Gasteiger partial charge in [-0.25, -0.2) is 0 Å². The molecule has 0 spiro atoms. The lowest BCUT2D eigenvalue weighted by Gasteiger charge is -2.32. The molecule has 0 bridgehead atoms. The van der Waals surface area contributed by atoms with Gasteiger partial charge in [0, 0.05) is 26.2 Å². The maximum atomic E-state index is 5.90. The van der Waals surface area contributed by atoms with Crippen molar-refractivity contribution in [1.29, 1.82) is 0 Å². The lowest BCUT2D eigenvalue weighted by atomic mass is 10.0. The Hall–Kier alpha value is -0.900. The Kier molecular flexibility index (Phi) is 6.51. The van der Waals surface area contributed by atoms with E-state index in [9.17, 15) is 0 Å². The van der Waals surface area contributed by atoms with Crippen LogP contribution < -0.4 is 5.73 Å². The van der Waals surface area contributed by atoms with Crippen molar-refractivity contribution in [2.45, 2.75) is 45.3 Å². The van der Waals surface area contributed by atoms with Gasteiger partial charge in [-0.05, 0) is 43.4 Å². The van der Waals surface area contributed by atoms with Crippen LogP contribution in [0.4, 0.5) is 0 Å². The molecule has 1 atom stereocenters. The van der Waals surface area contributed by atoms with Gasteiger partial charge in [0.2, 0.25) is 0 Å². The molecule has 20 heavy (non-hydrogen) atoms. The second-order valence-corrected chi connectivity index (χ2v) is 5.66. The maximum absolute atomic E-state index is 5.90. The van der Waals surface area contributed by atoms with E-state index in [1.807, 2.05) is 0 Å². The van der Waals surface area contributed by atoms with E-state index in [1.54, 1.807) is 0 Å². The number of rotatable bonds is 7. The van der Waals surface area contributed by atoms with Crippen LogP contribution in [0.2, 0.25) is 0 Å². The van der Waals surface area contributed by atoms with Crippen molar-refractivity contribution >= 4 is 0 Å². The van der Waals surface area contributed by atoms with E-state index >= 15 is 0 Å². The van der Waals surface area contributed by atoms with Crippen LogP contribution in [-0.2, 0) is 17.7 Å². The first-order valence-electron chi connectivity index (χ1n) is 7.94. The van der Waals surface area contributed by atoms with Gasteiger partial charge in [0.05, 0.1) is 6.10 Å². The van der Waals surface area contributed by atoms with Gasteiger partial charge in [0.1, 0.15) is 0 Å². The van der Waals surface area contributed by atoms with Crippen molar-refractivity contribution in [1.82, 2.24) is 4.90 Å². The number of benzene rings is 1. The largest absolute Gasteiger partial charge is 0.377 e. The summed E-state index contributed by atoms with van der Waals surface area (Å²) in [5.74, 6) is 0. The van der Waals surface area contributed by atoms with Crippen molar-refractivity contribution in [3.8, 4) is 0 Å². The molecule has 3 nitrogen and oxygen atoms in total. The van der Waals surface area contributed by atoms with Crippen molar-refractivity contribution in [3.63, 3.8) is 0 Å². The number of likely N-dealkylation sites (tertiary alicyclic amines) is 1. The quantitative estimate of drug-likeness (QED) is 0.832. The predicted molar refractivity (Wildman–Crippen MR) is 83.7 cm³/mol. The van der Waals surface area contributed by atoms with Crippen molar-refractivity contribution in [2.24, 2.45) is 5.73 Å². The van der Waals surface area contributed by atoms with Crippen LogP contribution in [0.5, 0.6) is 0 Å². The van der Waals surface area contributed by atoms with E-state index in [0.29, 0.717) is 12.6 Å². The Bertz CT molecular complexity index is 394. The van der Waals surface area contributed by atoms with Gasteiger partial charge in [-0.15, -0.1) is 0 Å². The maximum Gasteiger partial charge on any atom is 0.0702 e. The highest BCUT2D eigenvalue weighted by molar-refractivity contribution is 5.27. The molecule has 0 aromatic heterocycles. The summed E-state index contributed by atoms with van der Waals surface area (Å²) in [6, 6.07) is 8.52. The summed E-state index contributed by atoms with van der Waals surface area (Å²) in [7, 11) is 0. The number of nitrogens with zero attached hydrogens (tertiary/aromatic N) is 1. The zero-order valence-corrected chi connectivity index (χ0v) is 12.7. The second kappa shape index (κ2) is 8.40. The fourth-order valence-electron chi connectivity index (χ4n) is 2.92. The smallest absolute Gasteiger partial charge is 0.0702 e. The molecule has 1 aliphatic heterocycles. The summed E-state index contributed by atoms with van der Waals surface area (Å²) < 4.78 is 5.90. The van der Waals surface area contributed by atoms with Crippen LogP contribution in [0.15, 0.2) is 24.3 Å². The number of ether oxygens (including phenoxy) is 1. The monoisotopic (exact) mass is 276 g/mol. The van der Waals surface area contributed by atoms with Crippen LogP contribution in [0.25, 0.3) is 0 Å². The van der Waals surface area contributed by atoms with E-state index in [4.69, 9.17) is 10.5 Å². The van der Waals surface area contributed by atoms with E-state index in [0.717, 1.165) is 32.5 Å². The second-order valence-electron chi connectivity index (χ2n) is 5.66. The van der Waals surface area contributed by atoms with Gasteiger partial charge in [-0.3, -0.25) is 0 Å². The van der Waals surface area contributed by atoms with Gasteiger partial charge in [-0.2, -0.15) is 0 Å². The third-order valence-corrected chi connectivity index (χ3v) is 4.06. The lowest BCUT2D eigenvalue weighted by Crippen LogP contribution is -2.40. The number of hydrogen-bond acceptors (Lipinski definition) is 3. The minimum atomic E-state index is 0.438. The molecule has 1 fully saturated rings. The molecule has 1 saturated heterocycles. The Morgan fingerprint density at radius 2 is 2.10 bits per heavy atom. The van der Waals surface area contributed by atoms with Gasteiger partial charge in [-0.1, -0.05) is 31.2 Å². The summed E-state index contributed by atoms with van der Waals surface area (Å²) in [6.07, 6.45) is 5.12. The number of hydrogen-bond donors (Lipinski definition) is 1. The third-order valence-electron chi connectivity index (χ3n) is 4.06. The summed E-state index contributed by atoms with van der Waals surface area (Å²) in [5, 5.41) is 0. The summed E-state index contributed by atoms with van der Waals surface area (Å²) in [4.78, 5) is 2.54. The average molecular weight is 276 g/mol. The molecule has 2 rings (SSSR count). The van der Waals surface area contributed by atoms with Crippen molar-refractivity contribution < 1.29 is 4.74 Å². The Morgan fingerprint density at radius 3 is 2.85 bits per heavy atom. The van der Waals surface area contributed by atoms with Crippen LogP contribution in [0, 0.1) is 0 Å². The Labute approximate surface area is 123 Å². The lowest BCUT2D eigenvalue weighted by molar-refractivity contribution is 0.000315. The van der Waals surface area contributed by atoms with Gasteiger partial charge < -0.3 is 15.4 Å². The van der Waals surface area contributed by atoms with E-state index in [2.05, 4.69) is 36.1 Å². The fraction of sp³-hybridized carbons (Fsp3) is 0.647. The van der Waals surface area contributed by atoms with Crippen molar-refractivity contribution in [3.05, 3.63) is 35.4 Å². The molecule has 0 amide bonds. The van der Waals surface area contributed by atoms with Crippen LogP contribution in [0.1, 0.15) is 37.3 Å². The first-order valence-corrected chi connectivity index (χ1v) is 7.94. The van der Waals surface area contributed by atoms with E-state index in [-0.39, 0.29) is 0 Å². The van der Waals surface area contributed by atoms with Crippen molar-refractivity contribution in [2.75, 3.05) is 26.2 Å². The third kappa shape index (κ3) is 4.58. The minimum absolute atomic E-state index is 0.438. The molecule has 0 radical (unpaired) electrons. The molecular weight excluding hydrogens is 248 g/mol. The first kappa shape index (κ1) is 15.5. The number of piperidine rings is 1. The van der Waals surface area contributed by atoms with Gasteiger partial charge in [0.25, 0.3) is 0 Å². The number of nitrogens with two attached hydrogens (primary N) is 1. The molecule has 1 unspecified atom stereocenters. The molecule has 3 heteroatoms. The standard InChI is InChI=1S/C17H28N2O/c1-2-12-20-17-8-5-10-19(14-17)11-9-15-6-3-4-7-16(15)13-18/h3-4,6-7,17H,2,5,8-14,18H2,1H3. The van der Waals surface area contributed by atoms with Crippen LogP contribution >= 0.6 is 0 Å². The minimum Gasteiger partial charge on any atom is -0.377 e. The highest BCUT2D eigenvalue weighted by Gasteiger charge is 2.19. The fourth-order valence-corrected chi connectivity index (χ4v) is 2.92. The highest BCUT2D eigenvalue weighted by atomic mass is 16.5. The molecule has 1 aromatic carbocycles. The molecule has 2 N–H and O–H groups in total. The first-order chi connectivity index (χ1) is 9.83. The summed E-state index contributed by atoms with van der Waals surface area (Å²) in [6.45, 7) is 7.11. The molecule has 1 heterocycles. The predicted octanol–water partition coefficient (Wildman–Crippen LogP) is 2.58. The van der Waals surface area contributed by atoms with Crippen LogP contribution in [-0.4, -0.2) is 37.2 Å². The van der Waals surface area contributed by atoms with Gasteiger partial charge >= 0.3 is 0 Å². The van der Waals surface area contributed by atoms with Gasteiger partial charge in [0.15, 0.2) is 0 Å². The van der Waals surface area contributed by atoms with E-state index in [1.165, 1.54) is 30.5 Å². The summed E-state index contributed by atoms with van der Waals surface area (Å²) >= 11 is 0. The molecule has 0 aliphatic carbocycles. The SMILES string of the molecule is CCCOC1CCCN(CCc2ccccc2CN)C1. The molecular formula is C17H28N2O. The topological polar surface area (TPSA) is 38.5 Å². The zero-order valence-electron chi connectivity index (χ0n) is 12.7. The Morgan fingerprint density at radius 1 is 1.30 bits per heavy atom. The molecule has 0 saturated carbocycles. The Balaban J connectivity index is 1.81.